The van der Waals surface area contributed by atoms with Gasteiger partial charge in [-0.3, -0.25) is 4.79 Å². The fourth-order valence-electron chi connectivity index (χ4n) is 1.71. The van der Waals surface area contributed by atoms with Crippen molar-refractivity contribution in [2.45, 2.75) is 13.8 Å². The maximum Gasteiger partial charge on any atom is 0.307 e. The van der Waals surface area contributed by atoms with Gasteiger partial charge in [-0.25, -0.2) is 0 Å². The lowest BCUT2D eigenvalue weighted by Crippen LogP contribution is -2.03. The number of hydrogen-bond donors (Lipinski definition) is 1. The lowest BCUT2D eigenvalue weighted by atomic mass is 10.1. The number of methoxy groups -OCH3 is 1. The van der Waals surface area contributed by atoms with Crippen LogP contribution in [-0.4, -0.2) is 37.6 Å². The zero-order chi connectivity index (χ0) is 11.5. The molecule has 1 aliphatic carbocycles. The van der Waals surface area contributed by atoms with E-state index in [1.807, 2.05) is 13.8 Å². The van der Waals surface area contributed by atoms with E-state index in [1.54, 1.807) is 13.3 Å². The average molecular weight is 215 g/mol. The molecule has 15 heavy (non-hydrogen) atoms. The van der Waals surface area contributed by atoms with Crippen LogP contribution in [-0.2, 0) is 14.4 Å². The molecule has 0 aliphatic heterocycles. The van der Waals surface area contributed by atoms with Crippen LogP contribution in [0.15, 0.2) is 5.16 Å². The smallest absolute Gasteiger partial charge is 0.307 e. The van der Waals surface area contributed by atoms with Gasteiger partial charge in [-0.2, -0.15) is 0 Å². The van der Waals surface area contributed by atoms with Gasteiger partial charge in [0.05, 0.1) is 12.5 Å². The predicted octanol–water partition coefficient (Wildman–Crippen LogP) is 0.992. The summed E-state index contributed by atoms with van der Waals surface area (Å²) in [6.07, 6.45) is 1.58. The van der Waals surface area contributed by atoms with Gasteiger partial charge in [0, 0.05) is 19.2 Å². The van der Waals surface area contributed by atoms with E-state index in [4.69, 9.17) is 14.7 Å². The first-order chi connectivity index (χ1) is 7.01. The highest BCUT2D eigenvalue weighted by Gasteiger charge is 2.61. The van der Waals surface area contributed by atoms with Crippen molar-refractivity contribution in [3.8, 4) is 0 Å². The first kappa shape index (κ1) is 12.0. The van der Waals surface area contributed by atoms with Crippen LogP contribution in [0, 0.1) is 17.3 Å². The first-order valence-corrected chi connectivity index (χ1v) is 4.89. The average Bonchev–Trinajstić information content (AvgIpc) is 2.68. The van der Waals surface area contributed by atoms with Crippen LogP contribution in [0.4, 0.5) is 0 Å². The molecule has 1 N–H and O–H groups in total. The molecule has 5 nitrogen and oxygen atoms in total. The molecule has 0 spiro atoms. The Balaban J connectivity index is 2.31. The van der Waals surface area contributed by atoms with Crippen molar-refractivity contribution in [3.05, 3.63) is 0 Å². The second-order valence-electron chi connectivity index (χ2n) is 4.24. The number of nitrogens with zero attached hydrogens (tertiary/aromatic N) is 1. The zero-order valence-electron chi connectivity index (χ0n) is 9.27. The molecule has 5 heteroatoms. The number of hydrogen-bond acceptors (Lipinski definition) is 4. The van der Waals surface area contributed by atoms with Gasteiger partial charge < -0.3 is 14.7 Å². The molecule has 0 radical (unpaired) electrons. The maximum atomic E-state index is 10.8. The van der Waals surface area contributed by atoms with Gasteiger partial charge in [0.1, 0.15) is 6.61 Å². The predicted molar refractivity (Wildman–Crippen MR) is 54.7 cm³/mol. The molecule has 1 aliphatic rings. The molecule has 86 valence electrons. The Hall–Kier alpha value is -1.10. The quantitative estimate of drug-likeness (QED) is 0.407. The lowest BCUT2D eigenvalue weighted by Gasteiger charge is -1.97. The summed E-state index contributed by atoms with van der Waals surface area (Å²) in [5.74, 6) is -1.14. The summed E-state index contributed by atoms with van der Waals surface area (Å²) in [5, 5.41) is 12.6. The van der Waals surface area contributed by atoms with Crippen molar-refractivity contribution >= 4 is 12.2 Å². The van der Waals surface area contributed by atoms with Gasteiger partial charge in [0.25, 0.3) is 0 Å². The number of oxime groups is 1. The lowest BCUT2D eigenvalue weighted by molar-refractivity contribution is -0.139. The fourth-order valence-corrected chi connectivity index (χ4v) is 1.71. The number of aliphatic carboxylic acids is 1. The SMILES string of the molecule is COCCON=C[C@H]1[C@@H](C(=O)O)C1(C)C. The molecule has 2 atom stereocenters. The second kappa shape index (κ2) is 4.61. The minimum absolute atomic E-state index is 0.0301. The summed E-state index contributed by atoms with van der Waals surface area (Å²) in [7, 11) is 1.58. The van der Waals surface area contributed by atoms with Gasteiger partial charge in [0.2, 0.25) is 0 Å². The van der Waals surface area contributed by atoms with Gasteiger partial charge in [0.15, 0.2) is 0 Å². The molecule has 0 aromatic rings. The molecule has 1 saturated carbocycles. The van der Waals surface area contributed by atoms with Crippen LogP contribution < -0.4 is 0 Å². The van der Waals surface area contributed by atoms with Crippen molar-refractivity contribution in [2.75, 3.05) is 20.3 Å². The Labute approximate surface area is 89.1 Å². The van der Waals surface area contributed by atoms with Crippen LogP contribution in [0.2, 0.25) is 0 Å². The van der Waals surface area contributed by atoms with Gasteiger partial charge in [-0.1, -0.05) is 19.0 Å². The minimum Gasteiger partial charge on any atom is -0.481 e. The van der Waals surface area contributed by atoms with Crippen LogP contribution >= 0.6 is 0 Å². The summed E-state index contributed by atoms with van der Waals surface area (Å²) in [6.45, 7) is 4.70. The minimum atomic E-state index is -0.770. The highest BCUT2D eigenvalue weighted by Crippen LogP contribution is 2.57. The van der Waals surface area contributed by atoms with Gasteiger partial charge >= 0.3 is 5.97 Å². The number of ether oxygens (including phenoxy) is 1. The van der Waals surface area contributed by atoms with Crippen molar-refractivity contribution in [2.24, 2.45) is 22.4 Å². The molecule has 0 amide bonds. The molecule has 0 aromatic carbocycles. The summed E-state index contributed by atoms with van der Waals surface area (Å²) < 4.78 is 4.77. The van der Waals surface area contributed by atoms with E-state index in [0.29, 0.717) is 13.2 Å². The zero-order valence-corrected chi connectivity index (χ0v) is 9.27. The van der Waals surface area contributed by atoms with Crippen LogP contribution in [0.3, 0.4) is 0 Å². The molecular formula is C10H17NO4. The third-order valence-corrected chi connectivity index (χ3v) is 2.85. The second-order valence-corrected chi connectivity index (χ2v) is 4.24. The highest BCUT2D eigenvalue weighted by atomic mass is 16.6. The summed E-state index contributed by atoms with van der Waals surface area (Å²) in [4.78, 5) is 15.7. The fraction of sp³-hybridized carbons (Fsp3) is 0.800. The van der Waals surface area contributed by atoms with E-state index in [9.17, 15) is 4.79 Å². The molecule has 1 rings (SSSR count). The van der Waals surface area contributed by atoms with E-state index < -0.39 is 5.97 Å². The Morgan fingerprint density at radius 3 is 2.67 bits per heavy atom. The standard InChI is InChI=1S/C10H17NO4/c1-10(2)7(8(10)9(12)13)6-11-15-5-4-14-3/h6-8H,4-5H2,1-3H3,(H,12,13)/t7-,8-/m0/s1. The molecule has 0 saturated heterocycles. The first-order valence-electron chi connectivity index (χ1n) is 4.89. The van der Waals surface area contributed by atoms with Crippen LogP contribution in [0.1, 0.15) is 13.8 Å². The number of rotatable bonds is 6. The molecule has 0 aromatic heterocycles. The van der Waals surface area contributed by atoms with Crippen LogP contribution in [0.5, 0.6) is 0 Å². The number of carbonyl (C=O) groups is 1. The third kappa shape index (κ3) is 2.68. The van der Waals surface area contributed by atoms with E-state index in [1.165, 1.54) is 0 Å². The van der Waals surface area contributed by atoms with Crippen LogP contribution in [0.25, 0.3) is 0 Å². The van der Waals surface area contributed by atoms with E-state index >= 15 is 0 Å². The van der Waals surface area contributed by atoms with Gasteiger partial charge in [-0.15, -0.1) is 0 Å². The Kier molecular flexibility index (Phi) is 3.68. The van der Waals surface area contributed by atoms with E-state index in [2.05, 4.69) is 5.16 Å². The highest BCUT2D eigenvalue weighted by molar-refractivity contribution is 5.84. The van der Waals surface area contributed by atoms with Crippen molar-refractivity contribution in [1.82, 2.24) is 0 Å². The third-order valence-electron chi connectivity index (χ3n) is 2.85. The Morgan fingerprint density at radius 1 is 1.53 bits per heavy atom. The molecule has 0 unspecified atom stereocenters. The summed E-state index contributed by atoms with van der Waals surface area (Å²) in [5.41, 5.74) is -0.208. The van der Waals surface area contributed by atoms with Crippen molar-refractivity contribution in [1.29, 1.82) is 0 Å². The van der Waals surface area contributed by atoms with Crippen molar-refractivity contribution < 1.29 is 19.5 Å². The summed E-state index contributed by atoms with van der Waals surface area (Å²) in [6, 6.07) is 0. The largest absolute Gasteiger partial charge is 0.481 e. The number of carboxylic acids is 1. The monoisotopic (exact) mass is 215 g/mol. The molecular weight excluding hydrogens is 198 g/mol. The molecule has 1 fully saturated rings. The normalized spacial score (nSPS) is 27.9. The topological polar surface area (TPSA) is 68.1 Å². The van der Waals surface area contributed by atoms with Gasteiger partial charge in [-0.05, 0) is 5.41 Å². The number of carboxylic acid groups (broad SMARTS) is 1. The summed E-state index contributed by atoms with van der Waals surface area (Å²) >= 11 is 0. The Morgan fingerprint density at radius 2 is 2.20 bits per heavy atom. The Bertz CT molecular complexity index is 262. The molecule has 0 heterocycles. The van der Waals surface area contributed by atoms with E-state index in [0.717, 1.165) is 0 Å². The molecule has 0 bridgehead atoms. The maximum absolute atomic E-state index is 10.8. The van der Waals surface area contributed by atoms with E-state index in [-0.39, 0.29) is 17.3 Å². The van der Waals surface area contributed by atoms with Crippen molar-refractivity contribution in [3.63, 3.8) is 0 Å².